The van der Waals surface area contributed by atoms with Gasteiger partial charge in [-0.25, -0.2) is 0 Å². The number of halogens is 2. The van der Waals surface area contributed by atoms with Gasteiger partial charge in [0.1, 0.15) is 0 Å². The Labute approximate surface area is 213 Å². The topological polar surface area (TPSA) is 107 Å². The Morgan fingerprint density at radius 1 is 0.694 bits per heavy atom. The molecular weight excluding hydrogens is 514 g/mol. The van der Waals surface area contributed by atoms with Gasteiger partial charge >= 0.3 is 26.0 Å². The van der Waals surface area contributed by atoms with Crippen LogP contribution in [0.1, 0.15) is 131 Å². The van der Waals surface area contributed by atoms with E-state index in [1.165, 1.54) is 6.42 Å². The SMILES string of the molecule is O=S(=O)(Oc1c(C2CCCCC2)cc(C2CCCCC2)cc1C1CCCCC1)OC(F)(F)S(=O)(=O)O. The highest BCUT2D eigenvalue weighted by Gasteiger charge is 2.51. The van der Waals surface area contributed by atoms with Crippen molar-refractivity contribution in [1.82, 2.24) is 0 Å². The van der Waals surface area contributed by atoms with Gasteiger partial charge in [0.05, 0.1) is 0 Å². The molecular formula is C25H36F2O7S2. The number of rotatable bonds is 8. The molecule has 0 amide bonds. The molecule has 1 aromatic carbocycles. The number of alkyl halides is 2. The molecule has 0 saturated heterocycles. The molecule has 7 nitrogen and oxygen atoms in total. The molecule has 0 radical (unpaired) electrons. The smallest absolute Gasteiger partial charge is 0.361 e. The highest BCUT2D eigenvalue weighted by atomic mass is 32.3. The molecule has 3 saturated carbocycles. The van der Waals surface area contributed by atoms with Crippen LogP contribution >= 0.6 is 0 Å². The fraction of sp³-hybridized carbons (Fsp3) is 0.760. The molecule has 3 aliphatic carbocycles. The highest BCUT2D eigenvalue weighted by Crippen LogP contribution is 2.48. The number of benzene rings is 1. The maximum absolute atomic E-state index is 13.8. The Balaban J connectivity index is 1.80. The first-order valence-electron chi connectivity index (χ1n) is 13.1. The zero-order chi connectivity index (χ0) is 26.0. The number of hydrogen-bond donors (Lipinski definition) is 1. The van der Waals surface area contributed by atoms with Crippen LogP contribution in [0.3, 0.4) is 0 Å². The highest BCUT2D eigenvalue weighted by molar-refractivity contribution is 7.88. The molecule has 0 atom stereocenters. The average Bonchev–Trinajstić information content (AvgIpc) is 2.84. The minimum Gasteiger partial charge on any atom is -0.361 e. The number of hydrogen-bond acceptors (Lipinski definition) is 6. The molecule has 11 heteroatoms. The van der Waals surface area contributed by atoms with Crippen molar-refractivity contribution in [2.45, 2.75) is 120 Å². The molecule has 0 heterocycles. The van der Waals surface area contributed by atoms with Gasteiger partial charge in [-0.05, 0) is 73.0 Å². The minimum atomic E-state index is -6.13. The Kier molecular flexibility index (Phi) is 8.63. The lowest BCUT2D eigenvalue weighted by molar-refractivity contribution is -0.104. The summed E-state index contributed by atoms with van der Waals surface area (Å²) in [5.41, 5.74) is -2.85. The second-order valence-electron chi connectivity index (χ2n) is 10.5. The van der Waals surface area contributed by atoms with Gasteiger partial charge in [-0.2, -0.15) is 29.8 Å². The van der Waals surface area contributed by atoms with Crippen LogP contribution in [0.15, 0.2) is 12.1 Å². The van der Waals surface area contributed by atoms with Gasteiger partial charge in [-0.15, -0.1) is 0 Å². The van der Waals surface area contributed by atoms with Crippen LogP contribution in [0, 0.1) is 0 Å². The molecule has 0 aliphatic heterocycles. The Morgan fingerprint density at radius 3 is 1.47 bits per heavy atom. The molecule has 0 bridgehead atoms. The predicted molar refractivity (Wildman–Crippen MR) is 131 cm³/mol. The van der Waals surface area contributed by atoms with E-state index in [4.69, 9.17) is 8.74 Å². The molecule has 1 N–H and O–H groups in total. The molecule has 3 aliphatic rings. The zero-order valence-electron chi connectivity index (χ0n) is 20.5. The standard InChI is InChI=1S/C25H36F2O7S2/c26-25(27,35(28,29)30)34-36(31,32)33-24-22(19-12-6-2-7-13-19)16-21(18-10-4-1-5-11-18)17-23(24)20-14-8-3-9-15-20/h16-20H,1-15H2,(H,28,29,30). The van der Waals surface area contributed by atoms with E-state index in [2.05, 4.69) is 4.18 Å². The van der Waals surface area contributed by atoms with Crippen LogP contribution in [0.25, 0.3) is 0 Å². The van der Waals surface area contributed by atoms with Crippen molar-refractivity contribution in [1.29, 1.82) is 0 Å². The van der Waals surface area contributed by atoms with Gasteiger partial charge in [0.2, 0.25) is 0 Å². The largest absolute Gasteiger partial charge is 0.504 e. The maximum atomic E-state index is 13.8. The summed E-state index contributed by atoms with van der Waals surface area (Å²) in [4.78, 5) is 0. The molecule has 204 valence electrons. The third-order valence-electron chi connectivity index (χ3n) is 8.02. The van der Waals surface area contributed by atoms with Crippen molar-refractivity contribution in [3.63, 3.8) is 0 Å². The quantitative estimate of drug-likeness (QED) is 0.351. The van der Waals surface area contributed by atoms with Gasteiger partial charge in [-0.3, -0.25) is 4.55 Å². The van der Waals surface area contributed by atoms with E-state index in [1.54, 1.807) is 0 Å². The van der Waals surface area contributed by atoms with Gasteiger partial charge in [0.15, 0.2) is 5.75 Å². The van der Waals surface area contributed by atoms with E-state index in [0.717, 1.165) is 95.5 Å². The molecule has 3 fully saturated rings. The van der Waals surface area contributed by atoms with Crippen LogP contribution in [0.5, 0.6) is 5.75 Å². The van der Waals surface area contributed by atoms with E-state index in [0.29, 0.717) is 17.0 Å². The second-order valence-corrected chi connectivity index (χ2v) is 13.1. The summed E-state index contributed by atoms with van der Waals surface area (Å²) < 4.78 is 92.5. The summed E-state index contributed by atoms with van der Waals surface area (Å²) in [7, 11) is -11.6. The lowest BCUT2D eigenvalue weighted by atomic mass is 9.75. The van der Waals surface area contributed by atoms with Crippen LogP contribution < -0.4 is 4.18 Å². The third kappa shape index (κ3) is 6.57. The normalized spacial score (nSPS) is 22.0. The molecule has 1 aromatic rings. The second kappa shape index (κ2) is 11.2. The van der Waals surface area contributed by atoms with Crippen molar-refractivity contribution < 1.29 is 38.5 Å². The van der Waals surface area contributed by atoms with Crippen LogP contribution in [-0.4, -0.2) is 26.8 Å². The third-order valence-corrected chi connectivity index (χ3v) is 9.59. The maximum Gasteiger partial charge on any atom is 0.504 e. The van der Waals surface area contributed by atoms with Crippen molar-refractivity contribution >= 4 is 20.5 Å². The van der Waals surface area contributed by atoms with Gasteiger partial charge in [0.25, 0.3) is 0 Å². The van der Waals surface area contributed by atoms with Crippen LogP contribution in [-0.2, 0) is 24.7 Å². The van der Waals surface area contributed by atoms with Crippen molar-refractivity contribution in [2.75, 3.05) is 0 Å². The summed E-state index contributed by atoms with van der Waals surface area (Å²) in [6, 6.07) is 3.98. The minimum absolute atomic E-state index is 0.000466. The molecule has 36 heavy (non-hydrogen) atoms. The Morgan fingerprint density at radius 2 is 1.08 bits per heavy atom. The lowest BCUT2D eigenvalue weighted by Crippen LogP contribution is -2.35. The van der Waals surface area contributed by atoms with E-state index in [-0.39, 0.29) is 17.6 Å². The fourth-order valence-corrected chi connectivity index (χ4v) is 7.44. The summed E-state index contributed by atoms with van der Waals surface area (Å²) in [6.45, 7) is 0. The van der Waals surface area contributed by atoms with Gasteiger partial charge in [0, 0.05) is 0 Å². The lowest BCUT2D eigenvalue weighted by Gasteiger charge is -2.31. The fourth-order valence-electron chi connectivity index (χ4n) is 6.18. The first-order valence-corrected chi connectivity index (χ1v) is 15.9. The first-order chi connectivity index (χ1) is 17.0. The molecule has 0 unspecified atom stereocenters. The van der Waals surface area contributed by atoms with E-state index in [1.807, 2.05) is 12.1 Å². The zero-order valence-corrected chi connectivity index (χ0v) is 22.1. The molecule has 0 spiro atoms. The Hall–Kier alpha value is -1.30. The summed E-state index contributed by atoms with van der Waals surface area (Å²) in [5, 5.41) is 0. The predicted octanol–water partition coefficient (Wildman–Crippen LogP) is 6.91. The van der Waals surface area contributed by atoms with E-state index < -0.39 is 26.0 Å². The average molecular weight is 551 g/mol. The van der Waals surface area contributed by atoms with Crippen molar-refractivity contribution in [3.8, 4) is 5.75 Å². The molecule has 0 aromatic heterocycles. The van der Waals surface area contributed by atoms with Gasteiger partial charge in [-0.1, -0.05) is 69.9 Å². The monoisotopic (exact) mass is 550 g/mol. The summed E-state index contributed by atoms with van der Waals surface area (Å²) in [5.74, 6) is 0.377. The Bertz CT molecular complexity index is 1080. The summed E-state index contributed by atoms with van der Waals surface area (Å²) >= 11 is 0. The van der Waals surface area contributed by atoms with Crippen LogP contribution in [0.4, 0.5) is 8.78 Å². The van der Waals surface area contributed by atoms with Crippen LogP contribution in [0.2, 0.25) is 0 Å². The first kappa shape index (κ1) is 27.7. The van der Waals surface area contributed by atoms with E-state index >= 15 is 0 Å². The van der Waals surface area contributed by atoms with Crippen molar-refractivity contribution in [3.05, 3.63) is 28.8 Å². The summed E-state index contributed by atoms with van der Waals surface area (Å²) in [6.07, 6.45) is 14.9. The molecule has 4 rings (SSSR count). The van der Waals surface area contributed by atoms with Crippen molar-refractivity contribution in [2.24, 2.45) is 0 Å². The van der Waals surface area contributed by atoms with E-state index in [9.17, 15) is 25.6 Å². The van der Waals surface area contributed by atoms with Gasteiger partial charge < -0.3 is 4.18 Å².